The van der Waals surface area contributed by atoms with Crippen molar-refractivity contribution in [2.24, 2.45) is 0 Å². The van der Waals surface area contributed by atoms with Crippen LogP contribution in [0.2, 0.25) is 0 Å². The zero-order valence-electron chi connectivity index (χ0n) is 10.7. The van der Waals surface area contributed by atoms with E-state index in [1.165, 1.54) is 18.5 Å². The van der Waals surface area contributed by atoms with Crippen molar-refractivity contribution in [3.8, 4) is 0 Å². The fourth-order valence-electron chi connectivity index (χ4n) is 1.76. The van der Waals surface area contributed by atoms with Gasteiger partial charge in [-0.15, -0.1) is 0 Å². The van der Waals surface area contributed by atoms with Crippen molar-refractivity contribution in [3.63, 3.8) is 0 Å². The van der Waals surface area contributed by atoms with E-state index in [9.17, 15) is 8.42 Å². The summed E-state index contributed by atoms with van der Waals surface area (Å²) >= 11 is 3.36. The standard InChI is InChI=1S/C13H14BrN3O2S/c1-9(10-3-2-4-11(14)7-10)17-20(18,19)13-8-16-6-5-12(13)15/h2-9,17H,1H3,(H2,15,16). The molecule has 1 unspecified atom stereocenters. The van der Waals surface area contributed by atoms with E-state index in [1.54, 1.807) is 6.92 Å². The molecule has 3 N–H and O–H groups in total. The summed E-state index contributed by atoms with van der Waals surface area (Å²) in [6, 6.07) is 8.52. The number of sulfonamides is 1. The van der Waals surface area contributed by atoms with Gasteiger partial charge in [0.05, 0.1) is 5.69 Å². The first-order valence-electron chi connectivity index (χ1n) is 5.87. The lowest BCUT2D eigenvalue weighted by Gasteiger charge is -2.15. The van der Waals surface area contributed by atoms with Crippen molar-refractivity contribution in [1.82, 2.24) is 9.71 Å². The number of pyridine rings is 1. The Kier molecular flexibility index (Phi) is 4.42. The molecule has 0 fully saturated rings. The van der Waals surface area contributed by atoms with Crippen LogP contribution >= 0.6 is 15.9 Å². The van der Waals surface area contributed by atoms with Crippen LogP contribution in [0.5, 0.6) is 0 Å². The Balaban J connectivity index is 2.27. The first-order valence-corrected chi connectivity index (χ1v) is 8.15. The van der Waals surface area contributed by atoms with Crippen LogP contribution in [-0.4, -0.2) is 13.4 Å². The number of hydrogen-bond acceptors (Lipinski definition) is 4. The first-order chi connectivity index (χ1) is 9.40. The van der Waals surface area contributed by atoms with Crippen LogP contribution in [0.4, 0.5) is 5.69 Å². The number of nitrogens with two attached hydrogens (primary N) is 1. The lowest BCUT2D eigenvalue weighted by Crippen LogP contribution is -2.27. The highest BCUT2D eigenvalue weighted by Crippen LogP contribution is 2.22. The topological polar surface area (TPSA) is 85.1 Å². The Morgan fingerprint density at radius 1 is 1.35 bits per heavy atom. The number of nitrogens with zero attached hydrogens (tertiary/aromatic N) is 1. The number of rotatable bonds is 4. The molecule has 0 radical (unpaired) electrons. The summed E-state index contributed by atoms with van der Waals surface area (Å²) in [6.07, 6.45) is 2.69. The molecule has 2 aromatic rings. The largest absolute Gasteiger partial charge is 0.398 e. The number of benzene rings is 1. The monoisotopic (exact) mass is 355 g/mol. The van der Waals surface area contributed by atoms with E-state index in [-0.39, 0.29) is 16.6 Å². The van der Waals surface area contributed by atoms with Crippen molar-refractivity contribution in [2.75, 3.05) is 5.73 Å². The number of halogens is 1. The van der Waals surface area contributed by atoms with Crippen LogP contribution in [0.3, 0.4) is 0 Å². The molecule has 0 aliphatic rings. The molecule has 7 heteroatoms. The number of anilines is 1. The fraction of sp³-hybridized carbons (Fsp3) is 0.154. The lowest BCUT2D eigenvalue weighted by molar-refractivity contribution is 0.567. The van der Waals surface area contributed by atoms with Gasteiger partial charge in [0.25, 0.3) is 0 Å². The van der Waals surface area contributed by atoms with Gasteiger partial charge in [-0.3, -0.25) is 4.98 Å². The van der Waals surface area contributed by atoms with Crippen LogP contribution in [0.1, 0.15) is 18.5 Å². The van der Waals surface area contributed by atoms with Gasteiger partial charge < -0.3 is 5.73 Å². The van der Waals surface area contributed by atoms with E-state index in [1.807, 2.05) is 24.3 Å². The highest BCUT2D eigenvalue weighted by molar-refractivity contribution is 9.10. The van der Waals surface area contributed by atoms with Gasteiger partial charge >= 0.3 is 0 Å². The van der Waals surface area contributed by atoms with Gasteiger partial charge in [-0.25, -0.2) is 13.1 Å². The Morgan fingerprint density at radius 3 is 2.75 bits per heavy atom. The minimum Gasteiger partial charge on any atom is -0.398 e. The average Bonchev–Trinajstić information content (AvgIpc) is 2.38. The van der Waals surface area contributed by atoms with Gasteiger partial charge in [-0.05, 0) is 30.7 Å². The summed E-state index contributed by atoms with van der Waals surface area (Å²) in [5.74, 6) is 0. The lowest BCUT2D eigenvalue weighted by atomic mass is 10.1. The first kappa shape index (κ1) is 15.0. The van der Waals surface area contributed by atoms with Crippen LogP contribution in [-0.2, 0) is 10.0 Å². The molecule has 106 valence electrons. The van der Waals surface area contributed by atoms with Crippen LogP contribution < -0.4 is 10.5 Å². The van der Waals surface area contributed by atoms with Gasteiger partial charge in [0.15, 0.2) is 0 Å². The smallest absolute Gasteiger partial charge is 0.244 e. The Labute approximate surface area is 126 Å². The van der Waals surface area contributed by atoms with E-state index in [0.29, 0.717) is 0 Å². The molecule has 0 saturated heterocycles. The van der Waals surface area contributed by atoms with Gasteiger partial charge in [0, 0.05) is 22.9 Å². The molecule has 0 aliphatic carbocycles. The quantitative estimate of drug-likeness (QED) is 0.881. The molecule has 1 atom stereocenters. The van der Waals surface area contributed by atoms with E-state index < -0.39 is 10.0 Å². The van der Waals surface area contributed by atoms with Crippen molar-refractivity contribution in [1.29, 1.82) is 0 Å². The summed E-state index contributed by atoms with van der Waals surface area (Å²) in [5, 5.41) is 0. The molecule has 1 aromatic carbocycles. The number of aromatic nitrogens is 1. The van der Waals surface area contributed by atoms with Crippen molar-refractivity contribution >= 4 is 31.6 Å². The summed E-state index contributed by atoms with van der Waals surface area (Å²) in [7, 11) is -3.70. The highest BCUT2D eigenvalue weighted by Gasteiger charge is 2.21. The van der Waals surface area contributed by atoms with Crippen molar-refractivity contribution in [3.05, 3.63) is 52.8 Å². The molecule has 0 saturated carbocycles. The number of nitrogen functional groups attached to an aromatic ring is 1. The van der Waals surface area contributed by atoms with Crippen LogP contribution in [0, 0.1) is 0 Å². The zero-order chi connectivity index (χ0) is 14.8. The normalized spacial score (nSPS) is 13.1. The molecule has 1 aromatic heterocycles. The maximum Gasteiger partial charge on any atom is 0.244 e. The molecular weight excluding hydrogens is 342 g/mol. The maximum atomic E-state index is 12.3. The van der Waals surface area contributed by atoms with E-state index in [0.717, 1.165) is 10.0 Å². The molecule has 0 aliphatic heterocycles. The zero-order valence-corrected chi connectivity index (χ0v) is 13.1. The van der Waals surface area contributed by atoms with Crippen LogP contribution in [0.15, 0.2) is 52.1 Å². The minimum atomic E-state index is -3.70. The number of hydrogen-bond donors (Lipinski definition) is 2. The molecule has 0 spiro atoms. The molecule has 5 nitrogen and oxygen atoms in total. The second-order valence-electron chi connectivity index (χ2n) is 4.31. The molecule has 0 amide bonds. The summed E-state index contributed by atoms with van der Waals surface area (Å²) in [4.78, 5) is 3.79. The summed E-state index contributed by atoms with van der Waals surface area (Å²) < 4.78 is 28.0. The minimum absolute atomic E-state index is 0.0122. The predicted octanol–water partition coefficient (Wildman–Crippen LogP) is 2.47. The van der Waals surface area contributed by atoms with E-state index in [4.69, 9.17) is 5.73 Å². The average molecular weight is 356 g/mol. The Bertz CT molecular complexity index is 719. The van der Waals surface area contributed by atoms with E-state index in [2.05, 4.69) is 25.6 Å². The fourth-order valence-corrected chi connectivity index (χ4v) is 3.48. The third-order valence-electron chi connectivity index (χ3n) is 2.79. The molecule has 20 heavy (non-hydrogen) atoms. The van der Waals surface area contributed by atoms with Crippen molar-refractivity contribution in [2.45, 2.75) is 17.9 Å². The van der Waals surface area contributed by atoms with Crippen LogP contribution in [0.25, 0.3) is 0 Å². The maximum absolute atomic E-state index is 12.3. The third kappa shape index (κ3) is 3.36. The molecule has 1 heterocycles. The summed E-state index contributed by atoms with van der Waals surface area (Å²) in [6.45, 7) is 1.77. The predicted molar refractivity (Wildman–Crippen MR) is 81.5 cm³/mol. The highest BCUT2D eigenvalue weighted by atomic mass is 79.9. The molecule has 0 bridgehead atoms. The Hall–Kier alpha value is -1.44. The van der Waals surface area contributed by atoms with Gasteiger partial charge in [0.1, 0.15) is 4.90 Å². The van der Waals surface area contributed by atoms with Gasteiger partial charge in [0.2, 0.25) is 10.0 Å². The molecular formula is C13H14BrN3O2S. The number of nitrogens with one attached hydrogen (secondary N) is 1. The summed E-state index contributed by atoms with van der Waals surface area (Å²) in [5.41, 5.74) is 6.71. The second-order valence-corrected chi connectivity index (χ2v) is 6.91. The Morgan fingerprint density at radius 2 is 2.10 bits per heavy atom. The van der Waals surface area contributed by atoms with E-state index >= 15 is 0 Å². The molecule has 2 rings (SSSR count). The third-order valence-corrected chi connectivity index (χ3v) is 4.86. The van der Waals surface area contributed by atoms with Gasteiger partial charge in [-0.1, -0.05) is 28.1 Å². The van der Waals surface area contributed by atoms with Gasteiger partial charge in [-0.2, -0.15) is 0 Å². The SMILES string of the molecule is CC(NS(=O)(=O)c1cnccc1N)c1cccc(Br)c1. The second kappa shape index (κ2) is 5.90. The van der Waals surface area contributed by atoms with Crippen molar-refractivity contribution < 1.29 is 8.42 Å².